The SMILES string of the molecule is Cc1nc(Nc2ncc(C(=O)Nc3c(C)cccc3Cl)s2)cc(N2CCN(CCOCc3nn[nH]c3CCOCCOCCOCCOCCOCCOCCOCCOCCOCCOCCOCCN=[N+]=[N-])CC2)n1. The lowest BCUT2D eigenvalue weighted by molar-refractivity contribution is -0.0274. The Morgan fingerprint density at radius 2 is 1.25 bits per heavy atom. The molecule has 77 heavy (non-hydrogen) atoms. The Morgan fingerprint density at radius 3 is 1.78 bits per heavy atom. The van der Waals surface area contributed by atoms with Crippen LogP contribution < -0.4 is 15.5 Å². The van der Waals surface area contributed by atoms with Gasteiger partial charge in [0.1, 0.15) is 28.0 Å². The molecule has 3 aromatic heterocycles. The largest absolute Gasteiger partial charge is 0.379 e. The van der Waals surface area contributed by atoms with Gasteiger partial charge >= 0.3 is 0 Å². The van der Waals surface area contributed by atoms with E-state index in [1.165, 1.54) is 17.5 Å². The molecule has 0 saturated carbocycles. The zero-order chi connectivity index (χ0) is 54.2. The van der Waals surface area contributed by atoms with Crippen LogP contribution in [0.1, 0.15) is 32.4 Å². The van der Waals surface area contributed by atoms with Crippen LogP contribution in [0.25, 0.3) is 10.4 Å². The average molecular weight is 1120 g/mol. The van der Waals surface area contributed by atoms with Crippen molar-refractivity contribution in [3.63, 3.8) is 0 Å². The molecule has 1 aliphatic heterocycles. The molecule has 0 spiro atoms. The number of azide groups is 1. The van der Waals surface area contributed by atoms with Gasteiger partial charge in [0, 0.05) is 56.7 Å². The van der Waals surface area contributed by atoms with Gasteiger partial charge in [-0.15, -0.1) is 5.10 Å². The number of amides is 1. The van der Waals surface area contributed by atoms with E-state index in [1.807, 2.05) is 32.0 Å². The van der Waals surface area contributed by atoms with Crippen LogP contribution in [0.15, 0.2) is 35.6 Å². The Balaban J connectivity index is 0.752. The average Bonchev–Trinajstić information content (AvgIpc) is 4.10. The van der Waals surface area contributed by atoms with Crippen LogP contribution in [0.3, 0.4) is 0 Å². The van der Waals surface area contributed by atoms with Crippen LogP contribution in [-0.2, 0) is 69.9 Å². The first-order chi connectivity index (χ1) is 37.9. The quantitative estimate of drug-likeness (QED) is 0.0234. The lowest BCUT2D eigenvalue weighted by Crippen LogP contribution is -2.47. The molecule has 1 fully saturated rings. The van der Waals surface area contributed by atoms with Gasteiger partial charge in [0.25, 0.3) is 5.91 Å². The highest BCUT2D eigenvalue weighted by molar-refractivity contribution is 7.17. The second-order valence-electron chi connectivity index (χ2n) is 16.8. The second-order valence-corrected chi connectivity index (χ2v) is 18.2. The molecule has 28 heteroatoms. The number of anilines is 4. The van der Waals surface area contributed by atoms with Gasteiger partial charge in [-0.1, -0.05) is 45.4 Å². The van der Waals surface area contributed by atoms with Gasteiger partial charge < -0.3 is 72.4 Å². The summed E-state index contributed by atoms with van der Waals surface area (Å²) >= 11 is 7.54. The summed E-state index contributed by atoms with van der Waals surface area (Å²) in [4.78, 5) is 34.3. The van der Waals surface area contributed by atoms with Crippen LogP contribution in [-0.4, -0.2) is 232 Å². The molecule has 1 amide bonds. The molecule has 26 nitrogen and oxygen atoms in total. The lowest BCUT2D eigenvalue weighted by atomic mass is 10.2. The number of halogens is 1. The Hall–Kier alpha value is -4.78. The number of thiazole rings is 1. The maximum atomic E-state index is 12.9. The first kappa shape index (κ1) is 63.1. The third kappa shape index (κ3) is 27.6. The topological polar surface area (TPSA) is 287 Å². The number of benzene rings is 1. The number of H-pyrrole nitrogens is 1. The van der Waals surface area contributed by atoms with Gasteiger partial charge in [0.2, 0.25) is 0 Å². The number of hydrogen-bond acceptors (Lipinski definition) is 23. The molecule has 428 valence electrons. The van der Waals surface area contributed by atoms with Crippen LogP contribution in [0.5, 0.6) is 0 Å². The highest BCUT2D eigenvalue weighted by Gasteiger charge is 2.20. The number of hydrogen-bond donors (Lipinski definition) is 3. The van der Waals surface area contributed by atoms with E-state index in [1.54, 1.807) is 6.07 Å². The van der Waals surface area contributed by atoms with Gasteiger partial charge in [-0.05, 0) is 31.0 Å². The number of rotatable bonds is 46. The molecular weight excluding hydrogens is 1050 g/mol. The van der Waals surface area contributed by atoms with Gasteiger partial charge in [0.15, 0.2) is 5.13 Å². The predicted octanol–water partition coefficient (Wildman–Crippen LogP) is 4.69. The Labute approximate surface area is 458 Å². The number of nitrogens with one attached hydrogen (secondary N) is 3. The molecule has 1 saturated heterocycles. The van der Waals surface area contributed by atoms with Crippen LogP contribution in [0, 0.1) is 13.8 Å². The van der Waals surface area contributed by atoms with Crippen LogP contribution in [0.2, 0.25) is 5.02 Å². The molecule has 5 rings (SSSR count). The lowest BCUT2D eigenvalue weighted by Gasteiger charge is -2.35. The fourth-order valence-corrected chi connectivity index (χ4v) is 8.05. The summed E-state index contributed by atoms with van der Waals surface area (Å²) in [5, 5.41) is 21.7. The zero-order valence-corrected chi connectivity index (χ0v) is 45.9. The van der Waals surface area contributed by atoms with Gasteiger partial charge in [-0.3, -0.25) is 14.8 Å². The number of aromatic amines is 1. The van der Waals surface area contributed by atoms with Crippen molar-refractivity contribution in [1.29, 1.82) is 0 Å². The summed E-state index contributed by atoms with van der Waals surface area (Å²) in [6.45, 7) is 19.5. The first-order valence-electron chi connectivity index (χ1n) is 25.8. The number of nitrogens with zero attached hydrogens (tertiary/aromatic N) is 10. The molecule has 1 aromatic carbocycles. The van der Waals surface area contributed by atoms with Crippen molar-refractivity contribution < 1.29 is 61.6 Å². The summed E-state index contributed by atoms with van der Waals surface area (Å²) in [5.74, 6) is 1.78. The van der Waals surface area contributed by atoms with Crippen molar-refractivity contribution in [2.75, 3.05) is 207 Å². The number of carbonyl (C=O) groups excluding carboxylic acids is 1. The molecule has 0 radical (unpaired) electrons. The molecule has 3 N–H and O–H groups in total. The first-order valence-corrected chi connectivity index (χ1v) is 27.0. The summed E-state index contributed by atoms with van der Waals surface area (Å²) in [6, 6.07) is 7.38. The number of aromatic nitrogens is 6. The van der Waals surface area contributed by atoms with Crippen LogP contribution in [0.4, 0.5) is 22.5 Å². The molecule has 0 aliphatic carbocycles. The maximum Gasteiger partial charge on any atom is 0.267 e. The fourth-order valence-electron chi connectivity index (χ4n) is 7.07. The smallest absolute Gasteiger partial charge is 0.267 e. The van der Waals surface area contributed by atoms with E-state index in [4.69, 9.17) is 79.0 Å². The Morgan fingerprint density at radius 1 is 0.714 bits per heavy atom. The number of piperazine rings is 1. The number of ether oxygens (including phenoxy) is 12. The number of aryl methyl sites for hydroxylation is 2. The Bertz CT molecular complexity index is 2220. The minimum atomic E-state index is -0.283. The van der Waals surface area contributed by atoms with E-state index >= 15 is 0 Å². The third-order valence-electron chi connectivity index (χ3n) is 11.1. The fraction of sp³-hybridized carbons (Fsp3) is 0.673. The van der Waals surface area contributed by atoms with Crippen molar-refractivity contribution in [1.82, 2.24) is 35.3 Å². The van der Waals surface area contributed by atoms with Crippen molar-refractivity contribution in [3.8, 4) is 0 Å². The minimum Gasteiger partial charge on any atom is -0.379 e. The monoisotopic (exact) mass is 1120 g/mol. The molecule has 1 aliphatic rings. The van der Waals surface area contributed by atoms with E-state index in [-0.39, 0.29) is 5.91 Å². The summed E-state index contributed by atoms with van der Waals surface area (Å²) in [7, 11) is 0. The minimum absolute atomic E-state index is 0.283. The standard InChI is InChI=1S/C49H76ClN13O13S/c1-39-4-3-5-41(50)47(39)57-48(64)44-37-52-49(77-44)56-45-36-46(55-40(2)54-45)63-10-8-62(9-11-63)12-15-76-38-43-42(58-61-59-43)6-13-65-16-18-67-20-22-69-24-26-71-28-30-73-32-34-75-35-33-74-31-29-72-27-25-70-23-21-68-19-17-66-14-7-53-60-51/h3-5,36-37H,6-35,38H2,1-2H3,(H,57,64)(H,58,59,61)(H,52,54,55,56). The molecule has 0 atom stereocenters. The molecule has 4 heterocycles. The van der Waals surface area contributed by atoms with E-state index in [2.05, 4.69) is 55.8 Å². The van der Waals surface area contributed by atoms with Crippen molar-refractivity contribution in [2.45, 2.75) is 26.9 Å². The van der Waals surface area contributed by atoms with E-state index < -0.39 is 0 Å². The summed E-state index contributed by atoms with van der Waals surface area (Å²) in [6.07, 6.45) is 2.17. The van der Waals surface area contributed by atoms with Crippen molar-refractivity contribution in [2.24, 2.45) is 5.11 Å². The summed E-state index contributed by atoms with van der Waals surface area (Å²) in [5.41, 5.74) is 11.3. The van der Waals surface area contributed by atoms with Gasteiger partial charge in [0.05, 0.1) is 181 Å². The normalized spacial score (nSPS) is 12.8. The maximum absolute atomic E-state index is 12.9. The molecule has 0 bridgehead atoms. The predicted molar refractivity (Wildman–Crippen MR) is 288 cm³/mol. The van der Waals surface area contributed by atoms with E-state index in [0.717, 1.165) is 55.5 Å². The van der Waals surface area contributed by atoms with E-state index in [0.29, 0.717) is 204 Å². The van der Waals surface area contributed by atoms with Crippen molar-refractivity contribution in [3.05, 3.63) is 73.6 Å². The highest BCUT2D eigenvalue weighted by atomic mass is 35.5. The zero-order valence-electron chi connectivity index (χ0n) is 44.4. The molecule has 0 unspecified atom stereocenters. The molecular formula is C49H76ClN13O13S. The van der Waals surface area contributed by atoms with E-state index in [9.17, 15) is 4.79 Å². The van der Waals surface area contributed by atoms with Crippen molar-refractivity contribution >= 4 is 51.3 Å². The Kier molecular flexibility index (Phi) is 33.1. The molecule has 4 aromatic rings. The number of para-hydroxylation sites is 1. The highest BCUT2D eigenvalue weighted by Crippen LogP contribution is 2.28. The van der Waals surface area contributed by atoms with Gasteiger partial charge in [-0.25, -0.2) is 15.0 Å². The summed E-state index contributed by atoms with van der Waals surface area (Å²) < 4.78 is 66.6. The van der Waals surface area contributed by atoms with Crippen LogP contribution >= 0.6 is 22.9 Å². The third-order valence-corrected chi connectivity index (χ3v) is 12.3. The number of carbonyl (C=O) groups is 1. The van der Waals surface area contributed by atoms with Gasteiger partial charge in [-0.2, -0.15) is 0 Å². The second kappa shape index (κ2) is 40.4.